The SMILES string of the molecule is CCc1cn(C)c2cc(OC)ccc12. The van der Waals surface area contributed by atoms with Crippen molar-refractivity contribution in [2.75, 3.05) is 7.11 Å². The molecule has 0 aliphatic carbocycles. The maximum absolute atomic E-state index is 5.21. The number of rotatable bonds is 2. The topological polar surface area (TPSA) is 14.2 Å². The van der Waals surface area contributed by atoms with Gasteiger partial charge in [0.15, 0.2) is 0 Å². The molecule has 2 aromatic rings. The van der Waals surface area contributed by atoms with Crippen LogP contribution in [0.1, 0.15) is 12.5 Å². The van der Waals surface area contributed by atoms with Crippen molar-refractivity contribution in [1.82, 2.24) is 4.57 Å². The van der Waals surface area contributed by atoms with Crippen LogP contribution in [0.15, 0.2) is 24.4 Å². The molecule has 14 heavy (non-hydrogen) atoms. The van der Waals surface area contributed by atoms with Crippen molar-refractivity contribution in [3.8, 4) is 5.75 Å². The molecule has 0 saturated heterocycles. The molecule has 0 radical (unpaired) electrons. The van der Waals surface area contributed by atoms with Gasteiger partial charge in [0.1, 0.15) is 5.75 Å². The average molecular weight is 189 g/mol. The van der Waals surface area contributed by atoms with E-state index in [1.165, 1.54) is 16.5 Å². The Morgan fingerprint density at radius 3 is 2.79 bits per heavy atom. The van der Waals surface area contributed by atoms with Crippen LogP contribution in [0.5, 0.6) is 5.75 Å². The van der Waals surface area contributed by atoms with Crippen LogP contribution >= 0.6 is 0 Å². The fraction of sp³-hybridized carbons (Fsp3) is 0.333. The molecule has 0 bridgehead atoms. The molecule has 0 saturated carbocycles. The first-order valence-electron chi connectivity index (χ1n) is 4.88. The van der Waals surface area contributed by atoms with Crippen molar-refractivity contribution >= 4 is 10.9 Å². The summed E-state index contributed by atoms with van der Waals surface area (Å²) in [5.41, 5.74) is 2.63. The Balaban J connectivity index is 2.70. The molecule has 0 aliphatic rings. The normalized spacial score (nSPS) is 10.8. The number of ether oxygens (including phenoxy) is 1. The van der Waals surface area contributed by atoms with E-state index < -0.39 is 0 Å². The fourth-order valence-electron chi connectivity index (χ4n) is 1.86. The Bertz CT molecular complexity index is 457. The second kappa shape index (κ2) is 3.37. The van der Waals surface area contributed by atoms with E-state index in [0.29, 0.717) is 0 Å². The van der Waals surface area contributed by atoms with Gasteiger partial charge in [-0.3, -0.25) is 0 Å². The molecule has 0 spiro atoms. The Morgan fingerprint density at radius 2 is 2.14 bits per heavy atom. The minimum absolute atomic E-state index is 0.918. The highest BCUT2D eigenvalue weighted by atomic mass is 16.5. The minimum Gasteiger partial charge on any atom is -0.497 e. The van der Waals surface area contributed by atoms with E-state index in [1.807, 2.05) is 6.07 Å². The van der Waals surface area contributed by atoms with Crippen molar-refractivity contribution in [1.29, 1.82) is 0 Å². The van der Waals surface area contributed by atoms with Crippen LogP contribution in [0.2, 0.25) is 0 Å². The molecule has 0 unspecified atom stereocenters. The van der Waals surface area contributed by atoms with E-state index in [4.69, 9.17) is 4.74 Å². The van der Waals surface area contributed by atoms with Crippen LogP contribution in [0, 0.1) is 0 Å². The zero-order valence-electron chi connectivity index (χ0n) is 8.87. The number of fused-ring (bicyclic) bond motifs is 1. The van der Waals surface area contributed by atoms with Gasteiger partial charge in [-0.2, -0.15) is 0 Å². The summed E-state index contributed by atoms with van der Waals surface area (Å²) in [5, 5.41) is 1.33. The molecular formula is C12H15NO. The third kappa shape index (κ3) is 1.27. The third-order valence-electron chi connectivity index (χ3n) is 2.66. The number of benzene rings is 1. The average Bonchev–Trinajstić information content (AvgIpc) is 2.55. The highest BCUT2D eigenvalue weighted by molar-refractivity contribution is 5.85. The summed E-state index contributed by atoms with van der Waals surface area (Å²) in [5.74, 6) is 0.918. The quantitative estimate of drug-likeness (QED) is 0.708. The van der Waals surface area contributed by atoms with Gasteiger partial charge in [-0.05, 0) is 24.1 Å². The zero-order valence-corrected chi connectivity index (χ0v) is 8.87. The monoisotopic (exact) mass is 189 g/mol. The molecule has 0 atom stereocenters. The molecule has 0 amide bonds. The summed E-state index contributed by atoms with van der Waals surface area (Å²) < 4.78 is 7.36. The maximum atomic E-state index is 5.21. The van der Waals surface area contributed by atoms with Crippen molar-refractivity contribution in [2.45, 2.75) is 13.3 Å². The number of hydrogen-bond acceptors (Lipinski definition) is 1. The zero-order chi connectivity index (χ0) is 10.1. The van der Waals surface area contributed by atoms with E-state index >= 15 is 0 Å². The highest BCUT2D eigenvalue weighted by Gasteiger charge is 2.05. The van der Waals surface area contributed by atoms with Gasteiger partial charge in [0.25, 0.3) is 0 Å². The predicted octanol–water partition coefficient (Wildman–Crippen LogP) is 2.75. The maximum Gasteiger partial charge on any atom is 0.120 e. The number of aryl methyl sites for hydroxylation is 2. The van der Waals surface area contributed by atoms with Gasteiger partial charge in [0.05, 0.1) is 12.6 Å². The largest absolute Gasteiger partial charge is 0.497 e. The summed E-state index contributed by atoms with van der Waals surface area (Å²) in [6, 6.07) is 6.23. The molecule has 2 heteroatoms. The number of hydrogen-bond donors (Lipinski definition) is 0. The molecule has 0 fully saturated rings. The fourth-order valence-corrected chi connectivity index (χ4v) is 1.86. The third-order valence-corrected chi connectivity index (χ3v) is 2.66. The predicted molar refractivity (Wildman–Crippen MR) is 58.8 cm³/mol. The molecule has 74 valence electrons. The Hall–Kier alpha value is -1.44. The van der Waals surface area contributed by atoms with E-state index in [0.717, 1.165) is 12.2 Å². The molecule has 1 aromatic heterocycles. The van der Waals surface area contributed by atoms with E-state index in [2.05, 4.69) is 36.9 Å². The molecule has 2 rings (SSSR count). The van der Waals surface area contributed by atoms with Gasteiger partial charge in [0.2, 0.25) is 0 Å². The van der Waals surface area contributed by atoms with E-state index in [1.54, 1.807) is 7.11 Å². The summed E-state index contributed by atoms with van der Waals surface area (Å²) in [7, 11) is 3.77. The van der Waals surface area contributed by atoms with Gasteiger partial charge in [-0.15, -0.1) is 0 Å². The molecular weight excluding hydrogens is 174 g/mol. The number of nitrogens with zero attached hydrogens (tertiary/aromatic N) is 1. The first kappa shape index (κ1) is 9.13. The molecule has 1 aromatic carbocycles. The van der Waals surface area contributed by atoms with Crippen molar-refractivity contribution in [3.63, 3.8) is 0 Å². The van der Waals surface area contributed by atoms with Gasteiger partial charge >= 0.3 is 0 Å². The van der Waals surface area contributed by atoms with E-state index in [-0.39, 0.29) is 0 Å². The molecule has 1 heterocycles. The molecule has 2 nitrogen and oxygen atoms in total. The summed E-state index contributed by atoms with van der Waals surface area (Å²) in [4.78, 5) is 0. The lowest BCUT2D eigenvalue weighted by Crippen LogP contribution is -1.86. The van der Waals surface area contributed by atoms with Gasteiger partial charge < -0.3 is 9.30 Å². The van der Waals surface area contributed by atoms with Crippen LogP contribution in [0.4, 0.5) is 0 Å². The Kier molecular flexibility index (Phi) is 2.20. The van der Waals surface area contributed by atoms with Gasteiger partial charge in [-0.25, -0.2) is 0 Å². The first-order valence-corrected chi connectivity index (χ1v) is 4.88. The standard InChI is InChI=1S/C12H15NO/c1-4-9-8-13(2)12-7-10(14-3)5-6-11(9)12/h5-8H,4H2,1-3H3. The second-order valence-electron chi connectivity index (χ2n) is 3.50. The van der Waals surface area contributed by atoms with E-state index in [9.17, 15) is 0 Å². The van der Waals surface area contributed by atoms with Crippen LogP contribution in [-0.4, -0.2) is 11.7 Å². The molecule has 0 aliphatic heterocycles. The minimum atomic E-state index is 0.918. The summed E-state index contributed by atoms with van der Waals surface area (Å²) in [6.45, 7) is 2.18. The first-order chi connectivity index (χ1) is 6.76. The number of aromatic nitrogens is 1. The lowest BCUT2D eigenvalue weighted by atomic mass is 10.1. The van der Waals surface area contributed by atoms with Crippen molar-refractivity contribution < 1.29 is 4.74 Å². The highest BCUT2D eigenvalue weighted by Crippen LogP contribution is 2.25. The van der Waals surface area contributed by atoms with Crippen LogP contribution in [-0.2, 0) is 13.5 Å². The smallest absolute Gasteiger partial charge is 0.120 e. The van der Waals surface area contributed by atoms with Crippen LogP contribution in [0.3, 0.4) is 0 Å². The van der Waals surface area contributed by atoms with Crippen LogP contribution < -0.4 is 4.74 Å². The lowest BCUT2D eigenvalue weighted by molar-refractivity contribution is 0.415. The van der Waals surface area contributed by atoms with Crippen molar-refractivity contribution in [2.24, 2.45) is 7.05 Å². The Labute approximate surface area is 84.1 Å². The molecule has 0 N–H and O–H groups in total. The summed E-state index contributed by atoms with van der Waals surface area (Å²) in [6.07, 6.45) is 3.26. The lowest BCUT2D eigenvalue weighted by Gasteiger charge is -2.01. The number of methoxy groups -OCH3 is 1. The van der Waals surface area contributed by atoms with Gasteiger partial charge in [0, 0.05) is 24.7 Å². The van der Waals surface area contributed by atoms with Gasteiger partial charge in [-0.1, -0.05) is 6.92 Å². The second-order valence-corrected chi connectivity index (χ2v) is 3.50. The van der Waals surface area contributed by atoms with Crippen molar-refractivity contribution in [3.05, 3.63) is 30.0 Å². The summed E-state index contributed by atoms with van der Waals surface area (Å²) >= 11 is 0. The van der Waals surface area contributed by atoms with Crippen LogP contribution in [0.25, 0.3) is 10.9 Å². The Morgan fingerprint density at radius 1 is 1.36 bits per heavy atom.